The molecule has 4 rings (SSSR count). The largest absolute Gasteiger partial charge is 0.376 e. The molecule has 144 valence electrons. The van der Waals surface area contributed by atoms with Crippen molar-refractivity contribution in [1.29, 1.82) is 0 Å². The molecule has 29 heavy (non-hydrogen) atoms. The van der Waals surface area contributed by atoms with E-state index in [9.17, 15) is 19.7 Å². The molecule has 1 heterocycles. The monoisotopic (exact) mass is 389 g/mol. The second-order valence-electron chi connectivity index (χ2n) is 6.35. The Morgan fingerprint density at radius 3 is 2.66 bits per heavy atom. The molecule has 0 unspecified atom stereocenters. The molecule has 1 aliphatic heterocycles. The number of nitro groups is 1. The molecule has 0 aliphatic carbocycles. The number of non-ortho nitro benzene ring substituents is 1. The lowest BCUT2D eigenvalue weighted by Gasteiger charge is -2.07. The molecule has 0 bridgehead atoms. The van der Waals surface area contributed by atoms with Crippen molar-refractivity contribution in [1.82, 2.24) is 5.43 Å². The summed E-state index contributed by atoms with van der Waals surface area (Å²) < 4.78 is 0. The zero-order valence-electron chi connectivity index (χ0n) is 15.0. The molecule has 9 nitrogen and oxygen atoms in total. The molecule has 3 aromatic carbocycles. The molecule has 0 saturated carbocycles. The smallest absolute Gasteiger partial charge is 0.276 e. The van der Waals surface area contributed by atoms with Crippen LogP contribution in [0.3, 0.4) is 0 Å². The van der Waals surface area contributed by atoms with E-state index in [1.165, 1.54) is 18.2 Å². The summed E-state index contributed by atoms with van der Waals surface area (Å²) in [5.74, 6) is -0.999. The predicted octanol–water partition coefficient (Wildman–Crippen LogP) is 2.63. The van der Waals surface area contributed by atoms with Crippen LogP contribution in [-0.4, -0.2) is 29.0 Å². The van der Waals surface area contributed by atoms with Crippen LogP contribution in [0.4, 0.5) is 17.1 Å². The van der Waals surface area contributed by atoms with Gasteiger partial charge < -0.3 is 10.6 Å². The van der Waals surface area contributed by atoms with Crippen molar-refractivity contribution < 1.29 is 14.5 Å². The maximum atomic E-state index is 12.1. The first-order valence-electron chi connectivity index (χ1n) is 8.70. The number of hydrogen-bond acceptors (Lipinski definition) is 6. The lowest BCUT2D eigenvalue weighted by molar-refractivity contribution is -0.384. The van der Waals surface area contributed by atoms with Crippen LogP contribution in [0, 0.1) is 10.1 Å². The number of nitrogens with zero attached hydrogens (tertiary/aromatic N) is 2. The molecule has 2 amide bonds. The summed E-state index contributed by atoms with van der Waals surface area (Å²) in [7, 11) is 0. The maximum absolute atomic E-state index is 12.1. The first-order chi connectivity index (χ1) is 14.0. The molecule has 1 aliphatic rings. The normalized spacial score (nSPS) is 13.8. The SMILES string of the molecule is O=C(CNc1ccc2ccccc2c1)N/N=C1/C(=O)Nc2ccc([N+](=O)[O-])cc21. The average Bonchev–Trinajstić information content (AvgIpc) is 3.04. The molecular formula is C20H15N5O4. The summed E-state index contributed by atoms with van der Waals surface area (Å²) >= 11 is 0. The van der Waals surface area contributed by atoms with E-state index < -0.39 is 16.7 Å². The molecule has 0 fully saturated rings. The van der Waals surface area contributed by atoms with E-state index >= 15 is 0 Å². The molecule has 0 aromatic heterocycles. The minimum Gasteiger partial charge on any atom is -0.376 e. The number of carbonyl (C=O) groups excluding carboxylic acids is 2. The summed E-state index contributed by atoms with van der Waals surface area (Å²) in [4.78, 5) is 34.5. The van der Waals surface area contributed by atoms with Gasteiger partial charge in [-0.3, -0.25) is 19.7 Å². The van der Waals surface area contributed by atoms with Gasteiger partial charge in [0.1, 0.15) is 0 Å². The van der Waals surface area contributed by atoms with E-state index in [-0.39, 0.29) is 23.5 Å². The van der Waals surface area contributed by atoms with Crippen molar-refractivity contribution in [2.75, 3.05) is 17.2 Å². The van der Waals surface area contributed by atoms with E-state index in [0.717, 1.165) is 16.5 Å². The highest BCUT2D eigenvalue weighted by Crippen LogP contribution is 2.27. The number of anilines is 2. The third-order valence-corrected chi connectivity index (χ3v) is 4.43. The van der Waals surface area contributed by atoms with Crippen molar-refractivity contribution in [3.05, 3.63) is 76.3 Å². The number of hydrazone groups is 1. The standard InChI is InChI=1S/C20H15N5O4/c26-18(11-21-14-6-5-12-3-1-2-4-13(12)9-14)23-24-19-16-10-15(25(28)29)7-8-17(16)22-20(19)27/h1-10,21H,11H2,(H,23,26)(H,22,24,27). The van der Waals surface area contributed by atoms with E-state index in [2.05, 4.69) is 21.2 Å². The Morgan fingerprint density at radius 2 is 1.86 bits per heavy atom. The van der Waals surface area contributed by atoms with Crippen molar-refractivity contribution in [2.45, 2.75) is 0 Å². The Bertz CT molecular complexity index is 1190. The zero-order chi connectivity index (χ0) is 20.4. The van der Waals surface area contributed by atoms with Gasteiger partial charge in [-0.2, -0.15) is 5.10 Å². The third kappa shape index (κ3) is 3.74. The number of benzene rings is 3. The summed E-state index contributed by atoms with van der Waals surface area (Å²) in [6.07, 6.45) is 0. The van der Waals surface area contributed by atoms with Gasteiger partial charge in [-0.15, -0.1) is 0 Å². The van der Waals surface area contributed by atoms with Gasteiger partial charge in [0.25, 0.3) is 17.5 Å². The van der Waals surface area contributed by atoms with Gasteiger partial charge in [-0.25, -0.2) is 5.43 Å². The molecule has 9 heteroatoms. The quantitative estimate of drug-likeness (QED) is 0.457. The van der Waals surface area contributed by atoms with Crippen LogP contribution in [0.5, 0.6) is 0 Å². The Kier molecular flexibility index (Phi) is 4.62. The number of rotatable bonds is 5. The van der Waals surface area contributed by atoms with Crippen molar-refractivity contribution in [3.8, 4) is 0 Å². The molecule has 3 aromatic rings. The number of amides is 2. The van der Waals surface area contributed by atoms with Gasteiger partial charge in [-0.05, 0) is 29.0 Å². The lowest BCUT2D eigenvalue weighted by Crippen LogP contribution is -2.28. The summed E-state index contributed by atoms with van der Waals surface area (Å²) in [5, 5.41) is 22.5. The number of fused-ring (bicyclic) bond motifs is 2. The van der Waals surface area contributed by atoms with Crippen molar-refractivity contribution in [3.63, 3.8) is 0 Å². The highest BCUT2D eigenvalue weighted by molar-refractivity contribution is 6.53. The van der Waals surface area contributed by atoms with Gasteiger partial charge in [0.2, 0.25) is 0 Å². The number of nitrogens with one attached hydrogen (secondary N) is 3. The molecule has 0 radical (unpaired) electrons. The van der Waals surface area contributed by atoms with Gasteiger partial charge in [0.05, 0.1) is 17.2 Å². The van der Waals surface area contributed by atoms with Gasteiger partial charge in [0, 0.05) is 23.4 Å². The molecule has 0 atom stereocenters. The fraction of sp³-hybridized carbons (Fsp3) is 0.0500. The zero-order valence-corrected chi connectivity index (χ0v) is 15.0. The minimum absolute atomic E-state index is 0.0570. The van der Waals surface area contributed by atoms with Crippen LogP contribution in [0.2, 0.25) is 0 Å². The second-order valence-corrected chi connectivity index (χ2v) is 6.35. The molecule has 0 spiro atoms. The van der Waals surface area contributed by atoms with E-state index in [1.54, 1.807) is 0 Å². The summed E-state index contributed by atoms with van der Waals surface area (Å²) in [6.45, 7) is -0.0570. The van der Waals surface area contributed by atoms with Gasteiger partial charge >= 0.3 is 0 Å². The average molecular weight is 389 g/mol. The highest BCUT2D eigenvalue weighted by Gasteiger charge is 2.28. The second kappa shape index (κ2) is 7.39. The fourth-order valence-electron chi connectivity index (χ4n) is 3.00. The van der Waals surface area contributed by atoms with Crippen LogP contribution in [0.15, 0.2) is 65.8 Å². The number of hydrogen-bond donors (Lipinski definition) is 3. The Labute approximate surface area is 164 Å². The van der Waals surface area contributed by atoms with Crippen LogP contribution < -0.4 is 16.1 Å². The van der Waals surface area contributed by atoms with Crippen LogP contribution in [-0.2, 0) is 9.59 Å². The topological polar surface area (TPSA) is 126 Å². The maximum Gasteiger partial charge on any atom is 0.276 e. The first kappa shape index (κ1) is 18.1. The van der Waals surface area contributed by atoms with Gasteiger partial charge in [-0.1, -0.05) is 30.3 Å². The van der Waals surface area contributed by atoms with Crippen LogP contribution >= 0.6 is 0 Å². The van der Waals surface area contributed by atoms with Gasteiger partial charge in [0.15, 0.2) is 5.71 Å². The predicted molar refractivity (Wildman–Crippen MR) is 109 cm³/mol. The Morgan fingerprint density at radius 1 is 1.07 bits per heavy atom. The molecule has 0 saturated heterocycles. The Balaban J connectivity index is 1.43. The molecular weight excluding hydrogens is 374 g/mol. The first-order valence-corrected chi connectivity index (χ1v) is 8.70. The Hall–Kier alpha value is -4.27. The van der Waals surface area contributed by atoms with Crippen molar-refractivity contribution >= 4 is 45.4 Å². The van der Waals surface area contributed by atoms with Crippen LogP contribution in [0.1, 0.15) is 5.56 Å². The number of nitro benzene ring substituents is 1. The van der Waals surface area contributed by atoms with E-state index in [0.29, 0.717) is 5.69 Å². The van der Waals surface area contributed by atoms with E-state index in [1.807, 2.05) is 42.5 Å². The fourth-order valence-corrected chi connectivity index (χ4v) is 3.00. The number of carbonyl (C=O) groups is 2. The van der Waals surface area contributed by atoms with E-state index in [4.69, 9.17) is 0 Å². The molecule has 3 N–H and O–H groups in total. The van der Waals surface area contributed by atoms with Crippen LogP contribution in [0.25, 0.3) is 10.8 Å². The summed E-state index contributed by atoms with van der Waals surface area (Å²) in [6, 6.07) is 17.5. The highest BCUT2D eigenvalue weighted by atomic mass is 16.6. The summed E-state index contributed by atoms with van der Waals surface area (Å²) in [5.41, 5.74) is 3.50. The third-order valence-electron chi connectivity index (χ3n) is 4.43. The lowest BCUT2D eigenvalue weighted by atomic mass is 10.1. The van der Waals surface area contributed by atoms with Crippen molar-refractivity contribution in [2.24, 2.45) is 5.10 Å². The minimum atomic E-state index is -0.563.